The second kappa shape index (κ2) is 4.49. The number of hydrogen-bond donors (Lipinski definition) is 1. The van der Waals surface area contributed by atoms with E-state index in [1.54, 1.807) is 0 Å². The first-order valence-corrected chi connectivity index (χ1v) is 4.23. The van der Waals surface area contributed by atoms with Crippen LogP contribution in [0.1, 0.15) is 18.1 Å². The van der Waals surface area contributed by atoms with Gasteiger partial charge in [-0.3, -0.25) is 0 Å². The van der Waals surface area contributed by atoms with E-state index in [9.17, 15) is 0 Å². The molecule has 0 fully saturated rings. The molecule has 0 radical (unpaired) electrons. The van der Waals surface area contributed by atoms with Crippen molar-refractivity contribution in [3.8, 4) is 12.3 Å². The van der Waals surface area contributed by atoms with Crippen LogP contribution in [-0.4, -0.2) is 6.04 Å². The highest BCUT2D eigenvalue weighted by atomic mass is 14.6. The van der Waals surface area contributed by atoms with Gasteiger partial charge in [-0.2, -0.15) is 0 Å². The topological polar surface area (TPSA) is 26.0 Å². The van der Waals surface area contributed by atoms with Crippen molar-refractivity contribution in [3.05, 3.63) is 41.5 Å². The maximum atomic E-state index is 5.58. The van der Waals surface area contributed by atoms with Crippen molar-refractivity contribution in [1.82, 2.24) is 0 Å². The third-order valence-corrected chi connectivity index (χ3v) is 1.65. The van der Waals surface area contributed by atoms with Crippen LogP contribution in [0.3, 0.4) is 0 Å². The summed E-state index contributed by atoms with van der Waals surface area (Å²) < 4.78 is 0. The van der Waals surface area contributed by atoms with Crippen molar-refractivity contribution in [2.75, 3.05) is 0 Å². The molecule has 2 N–H and O–H groups in total. The minimum absolute atomic E-state index is 0.0782. The van der Waals surface area contributed by atoms with Crippen molar-refractivity contribution >= 4 is 6.08 Å². The molecule has 0 saturated heterocycles. The zero-order valence-electron chi connectivity index (χ0n) is 7.70. The second-order valence-electron chi connectivity index (χ2n) is 2.99. The highest BCUT2D eigenvalue weighted by molar-refractivity contribution is 5.53. The van der Waals surface area contributed by atoms with Gasteiger partial charge in [0.25, 0.3) is 0 Å². The maximum Gasteiger partial charge on any atom is 0.0248 e. The molecule has 0 amide bonds. The van der Waals surface area contributed by atoms with E-state index in [1.165, 1.54) is 0 Å². The Morgan fingerprint density at radius 1 is 1.54 bits per heavy atom. The summed E-state index contributed by atoms with van der Waals surface area (Å²) >= 11 is 0. The Morgan fingerprint density at radius 2 is 2.31 bits per heavy atom. The molecule has 0 aromatic heterocycles. The molecule has 0 aliphatic carbocycles. The monoisotopic (exact) mass is 171 g/mol. The molecular formula is C12H13N. The number of benzene rings is 1. The lowest BCUT2D eigenvalue weighted by Crippen LogP contribution is -2.09. The van der Waals surface area contributed by atoms with Gasteiger partial charge in [0.1, 0.15) is 0 Å². The standard InChI is InChI=1S/C12H13N/c1-3-11-5-4-6-12(9-11)8-7-10(2)13/h1,4-10H,13H2,2H3/b8-7+. The van der Waals surface area contributed by atoms with Crippen molar-refractivity contribution in [2.24, 2.45) is 5.73 Å². The molecule has 1 rings (SSSR count). The van der Waals surface area contributed by atoms with Crippen molar-refractivity contribution < 1.29 is 0 Å². The molecule has 13 heavy (non-hydrogen) atoms. The van der Waals surface area contributed by atoms with Crippen LogP contribution in [0.25, 0.3) is 6.08 Å². The van der Waals surface area contributed by atoms with E-state index in [-0.39, 0.29) is 6.04 Å². The summed E-state index contributed by atoms with van der Waals surface area (Å²) in [5.41, 5.74) is 7.57. The molecule has 1 aromatic carbocycles. The van der Waals surface area contributed by atoms with Gasteiger partial charge in [-0.25, -0.2) is 0 Å². The summed E-state index contributed by atoms with van der Waals surface area (Å²) in [7, 11) is 0. The highest BCUT2D eigenvalue weighted by Gasteiger charge is 1.89. The second-order valence-corrected chi connectivity index (χ2v) is 2.99. The summed E-state index contributed by atoms with van der Waals surface area (Å²) in [6, 6.07) is 7.88. The fourth-order valence-electron chi connectivity index (χ4n) is 0.995. The molecule has 1 unspecified atom stereocenters. The molecule has 1 atom stereocenters. The first-order chi connectivity index (χ1) is 6.22. The highest BCUT2D eigenvalue weighted by Crippen LogP contribution is 2.06. The van der Waals surface area contributed by atoms with Crippen molar-refractivity contribution in [2.45, 2.75) is 13.0 Å². The van der Waals surface area contributed by atoms with E-state index in [1.807, 2.05) is 43.3 Å². The molecule has 1 aromatic rings. The molecule has 0 heterocycles. The zero-order chi connectivity index (χ0) is 9.68. The Bertz CT molecular complexity index is 342. The largest absolute Gasteiger partial charge is 0.325 e. The van der Waals surface area contributed by atoms with Crippen LogP contribution in [0.2, 0.25) is 0 Å². The summed E-state index contributed by atoms with van der Waals surface area (Å²) in [5, 5.41) is 0. The average molecular weight is 171 g/mol. The van der Waals surface area contributed by atoms with E-state index >= 15 is 0 Å². The van der Waals surface area contributed by atoms with Crippen LogP contribution >= 0.6 is 0 Å². The zero-order valence-corrected chi connectivity index (χ0v) is 7.70. The van der Waals surface area contributed by atoms with Crippen LogP contribution < -0.4 is 5.73 Å². The maximum absolute atomic E-state index is 5.58. The Labute approximate surface area is 79.3 Å². The van der Waals surface area contributed by atoms with Crippen LogP contribution in [0.4, 0.5) is 0 Å². The molecule has 1 nitrogen and oxygen atoms in total. The van der Waals surface area contributed by atoms with E-state index in [4.69, 9.17) is 12.2 Å². The van der Waals surface area contributed by atoms with Gasteiger partial charge >= 0.3 is 0 Å². The first kappa shape index (κ1) is 9.57. The summed E-state index contributed by atoms with van der Waals surface area (Å²) in [6.07, 6.45) is 9.19. The van der Waals surface area contributed by atoms with Crippen LogP contribution in [0.15, 0.2) is 30.3 Å². The molecular weight excluding hydrogens is 158 g/mol. The van der Waals surface area contributed by atoms with E-state index in [2.05, 4.69) is 5.92 Å². The van der Waals surface area contributed by atoms with E-state index in [0.717, 1.165) is 11.1 Å². The summed E-state index contributed by atoms with van der Waals surface area (Å²) in [6.45, 7) is 1.93. The van der Waals surface area contributed by atoms with Gasteiger partial charge in [-0.1, -0.05) is 30.2 Å². The number of rotatable bonds is 2. The number of hydrogen-bond acceptors (Lipinski definition) is 1. The van der Waals surface area contributed by atoms with Gasteiger partial charge < -0.3 is 5.73 Å². The third-order valence-electron chi connectivity index (χ3n) is 1.65. The predicted octanol–water partition coefficient (Wildman–Crippen LogP) is 2.03. The van der Waals surface area contributed by atoms with E-state index in [0.29, 0.717) is 0 Å². The average Bonchev–Trinajstić information content (AvgIpc) is 2.15. The molecule has 66 valence electrons. The molecule has 0 aliphatic rings. The SMILES string of the molecule is C#Cc1cccc(/C=C/C(C)N)c1. The van der Waals surface area contributed by atoms with E-state index < -0.39 is 0 Å². The van der Waals surface area contributed by atoms with Gasteiger partial charge in [0.2, 0.25) is 0 Å². The lowest BCUT2D eigenvalue weighted by Gasteiger charge is -1.96. The van der Waals surface area contributed by atoms with Crippen LogP contribution in [0, 0.1) is 12.3 Å². The Hall–Kier alpha value is -1.52. The van der Waals surface area contributed by atoms with Gasteiger partial charge in [-0.05, 0) is 24.6 Å². The Morgan fingerprint density at radius 3 is 2.92 bits per heavy atom. The molecule has 1 heteroatoms. The number of terminal acetylenes is 1. The lowest BCUT2D eigenvalue weighted by atomic mass is 10.1. The molecule has 0 bridgehead atoms. The van der Waals surface area contributed by atoms with Crippen LogP contribution in [0.5, 0.6) is 0 Å². The Balaban J connectivity index is 2.85. The first-order valence-electron chi connectivity index (χ1n) is 4.23. The minimum atomic E-state index is 0.0782. The fourth-order valence-corrected chi connectivity index (χ4v) is 0.995. The van der Waals surface area contributed by atoms with Gasteiger partial charge in [0, 0.05) is 11.6 Å². The van der Waals surface area contributed by atoms with Gasteiger partial charge in [0.15, 0.2) is 0 Å². The summed E-state index contributed by atoms with van der Waals surface area (Å²) in [5.74, 6) is 2.59. The quantitative estimate of drug-likeness (QED) is 0.677. The smallest absolute Gasteiger partial charge is 0.0248 e. The van der Waals surface area contributed by atoms with Crippen molar-refractivity contribution in [3.63, 3.8) is 0 Å². The predicted molar refractivity (Wildman–Crippen MR) is 57.1 cm³/mol. The summed E-state index contributed by atoms with van der Waals surface area (Å²) in [4.78, 5) is 0. The lowest BCUT2D eigenvalue weighted by molar-refractivity contribution is 0.931. The Kier molecular flexibility index (Phi) is 3.31. The number of nitrogens with two attached hydrogens (primary N) is 1. The normalized spacial score (nSPS) is 12.7. The fraction of sp³-hybridized carbons (Fsp3) is 0.167. The van der Waals surface area contributed by atoms with Gasteiger partial charge in [0.05, 0.1) is 0 Å². The molecule has 0 aliphatic heterocycles. The molecule has 0 spiro atoms. The minimum Gasteiger partial charge on any atom is -0.325 e. The third kappa shape index (κ3) is 3.14. The van der Waals surface area contributed by atoms with Crippen LogP contribution in [-0.2, 0) is 0 Å². The van der Waals surface area contributed by atoms with Gasteiger partial charge in [-0.15, -0.1) is 6.42 Å². The molecule has 0 saturated carbocycles. The van der Waals surface area contributed by atoms with Crippen molar-refractivity contribution in [1.29, 1.82) is 0 Å².